The molecule has 0 atom stereocenters. The van der Waals surface area contributed by atoms with Crippen molar-refractivity contribution in [3.05, 3.63) is 11.9 Å². The second-order valence-electron chi connectivity index (χ2n) is 1.61. The normalized spacial score (nSPS) is 11.7. The predicted octanol–water partition coefficient (Wildman–Crippen LogP) is -0.270. The van der Waals surface area contributed by atoms with Crippen LogP contribution >= 0.6 is 0 Å². The van der Waals surface area contributed by atoms with Gasteiger partial charge in [-0.25, -0.2) is 0 Å². The first-order valence-corrected chi connectivity index (χ1v) is 2.85. The van der Waals surface area contributed by atoms with Gasteiger partial charge in [-0.05, 0) is 0 Å². The van der Waals surface area contributed by atoms with Gasteiger partial charge in [0.05, 0.1) is 24.7 Å². The lowest BCUT2D eigenvalue weighted by Gasteiger charge is -1.86. The van der Waals surface area contributed by atoms with E-state index in [1.54, 1.807) is 0 Å². The highest BCUT2D eigenvalue weighted by molar-refractivity contribution is 5.76. The Kier molecular flexibility index (Phi) is 4.79. The van der Waals surface area contributed by atoms with Crippen molar-refractivity contribution in [1.29, 1.82) is 5.26 Å². The molecule has 0 bridgehead atoms. The standard InChI is InChI=1S/C6H10N4/c7-2-1-3-10-5-6(9)4-8/h4-5H,1,3,8-9H2/b6-4+,10-5?. The van der Waals surface area contributed by atoms with Crippen LogP contribution in [0.2, 0.25) is 0 Å². The topological polar surface area (TPSA) is 88.2 Å². The van der Waals surface area contributed by atoms with E-state index < -0.39 is 0 Å². The van der Waals surface area contributed by atoms with Crippen LogP contribution in [0.5, 0.6) is 0 Å². The Morgan fingerprint density at radius 3 is 2.90 bits per heavy atom. The third kappa shape index (κ3) is 4.65. The van der Waals surface area contributed by atoms with Crippen molar-refractivity contribution in [2.75, 3.05) is 6.54 Å². The minimum Gasteiger partial charge on any atom is -0.403 e. The molecule has 0 aliphatic heterocycles. The fourth-order valence-corrected chi connectivity index (χ4v) is 0.328. The Balaban J connectivity index is 3.49. The van der Waals surface area contributed by atoms with E-state index in [4.69, 9.17) is 16.7 Å². The predicted molar refractivity (Wildman–Crippen MR) is 40.0 cm³/mol. The fraction of sp³-hybridized carbons (Fsp3) is 0.333. The average molecular weight is 138 g/mol. The Bertz CT molecular complexity index is 175. The van der Waals surface area contributed by atoms with Crippen molar-refractivity contribution in [2.45, 2.75) is 6.42 Å². The molecular weight excluding hydrogens is 128 g/mol. The summed E-state index contributed by atoms with van der Waals surface area (Å²) in [6, 6.07) is 1.95. The summed E-state index contributed by atoms with van der Waals surface area (Å²) in [7, 11) is 0. The summed E-state index contributed by atoms with van der Waals surface area (Å²) in [6.07, 6.45) is 3.11. The van der Waals surface area contributed by atoms with E-state index in [1.807, 2.05) is 6.07 Å². The highest BCUT2D eigenvalue weighted by atomic mass is 14.7. The Morgan fingerprint density at radius 2 is 2.40 bits per heavy atom. The molecule has 0 rings (SSSR count). The van der Waals surface area contributed by atoms with Gasteiger partial charge in [-0.3, -0.25) is 4.99 Å². The molecule has 0 aromatic carbocycles. The SMILES string of the molecule is N#CCCN=C/C(N)=C\N. The van der Waals surface area contributed by atoms with E-state index in [1.165, 1.54) is 12.4 Å². The maximum atomic E-state index is 8.09. The van der Waals surface area contributed by atoms with Crippen molar-refractivity contribution in [3.63, 3.8) is 0 Å². The molecule has 0 aromatic heterocycles. The first kappa shape index (κ1) is 8.50. The van der Waals surface area contributed by atoms with Gasteiger partial charge in [-0.2, -0.15) is 5.26 Å². The van der Waals surface area contributed by atoms with Crippen molar-refractivity contribution >= 4 is 6.21 Å². The molecule has 54 valence electrons. The van der Waals surface area contributed by atoms with Crippen LogP contribution in [0.3, 0.4) is 0 Å². The van der Waals surface area contributed by atoms with Gasteiger partial charge >= 0.3 is 0 Å². The first-order chi connectivity index (χ1) is 4.81. The van der Waals surface area contributed by atoms with E-state index in [0.717, 1.165) is 0 Å². The number of nitrogens with two attached hydrogens (primary N) is 2. The van der Waals surface area contributed by atoms with Crippen molar-refractivity contribution < 1.29 is 0 Å². The molecule has 10 heavy (non-hydrogen) atoms. The van der Waals surface area contributed by atoms with Crippen molar-refractivity contribution in [2.24, 2.45) is 16.5 Å². The van der Waals surface area contributed by atoms with Crippen LogP contribution in [0.25, 0.3) is 0 Å². The zero-order valence-corrected chi connectivity index (χ0v) is 5.62. The van der Waals surface area contributed by atoms with Gasteiger partial charge in [0.25, 0.3) is 0 Å². The number of nitriles is 1. The number of hydrogen-bond donors (Lipinski definition) is 2. The summed E-state index contributed by atoms with van der Waals surface area (Å²) in [5, 5.41) is 8.09. The molecule has 0 saturated heterocycles. The minimum absolute atomic E-state index is 0.411. The largest absolute Gasteiger partial charge is 0.403 e. The van der Waals surface area contributed by atoms with Crippen molar-refractivity contribution in [3.8, 4) is 6.07 Å². The van der Waals surface area contributed by atoms with Gasteiger partial charge in [0, 0.05) is 12.4 Å². The lowest BCUT2D eigenvalue weighted by atomic mass is 10.5. The summed E-state index contributed by atoms with van der Waals surface area (Å²) in [6.45, 7) is 0.477. The van der Waals surface area contributed by atoms with Crippen LogP contribution in [-0.4, -0.2) is 12.8 Å². The third-order valence-corrected chi connectivity index (χ3v) is 0.786. The quantitative estimate of drug-likeness (QED) is 0.415. The summed E-state index contributed by atoms with van der Waals surface area (Å²) >= 11 is 0. The number of nitrogens with zero attached hydrogens (tertiary/aromatic N) is 2. The molecule has 0 aliphatic carbocycles. The summed E-state index contributed by atoms with van der Waals surface area (Å²) < 4.78 is 0. The maximum absolute atomic E-state index is 8.09. The van der Waals surface area contributed by atoms with Gasteiger partial charge < -0.3 is 11.5 Å². The highest BCUT2D eigenvalue weighted by Gasteiger charge is 1.79. The number of rotatable bonds is 3. The lowest BCUT2D eigenvalue weighted by Crippen LogP contribution is -2.01. The molecule has 0 saturated carbocycles. The molecule has 0 fully saturated rings. The Morgan fingerprint density at radius 1 is 1.70 bits per heavy atom. The lowest BCUT2D eigenvalue weighted by molar-refractivity contribution is 1.02. The summed E-state index contributed by atoms with van der Waals surface area (Å²) in [5.41, 5.74) is 10.7. The molecule has 4 nitrogen and oxygen atoms in total. The molecule has 0 amide bonds. The van der Waals surface area contributed by atoms with E-state index in [0.29, 0.717) is 18.7 Å². The third-order valence-electron chi connectivity index (χ3n) is 0.786. The van der Waals surface area contributed by atoms with Crippen LogP contribution < -0.4 is 11.5 Å². The smallest absolute Gasteiger partial charge is 0.0652 e. The monoisotopic (exact) mass is 138 g/mol. The van der Waals surface area contributed by atoms with Gasteiger partial charge in [0.2, 0.25) is 0 Å². The van der Waals surface area contributed by atoms with Gasteiger partial charge in [-0.15, -0.1) is 0 Å². The molecule has 4 N–H and O–H groups in total. The number of hydrogen-bond acceptors (Lipinski definition) is 4. The second-order valence-corrected chi connectivity index (χ2v) is 1.61. The van der Waals surface area contributed by atoms with Crippen LogP contribution in [-0.2, 0) is 0 Å². The Hall–Kier alpha value is -1.50. The molecule has 0 radical (unpaired) electrons. The van der Waals surface area contributed by atoms with E-state index >= 15 is 0 Å². The highest BCUT2D eigenvalue weighted by Crippen LogP contribution is 1.78. The molecule has 0 unspecified atom stereocenters. The molecule has 0 heterocycles. The zero-order valence-electron chi connectivity index (χ0n) is 5.62. The molecule has 4 heteroatoms. The summed E-state index contributed by atoms with van der Waals surface area (Å²) in [5.74, 6) is 0. The molecular formula is C6H10N4. The molecule has 0 spiro atoms. The van der Waals surface area contributed by atoms with E-state index in [2.05, 4.69) is 4.99 Å². The van der Waals surface area contributed by atoms with Crippen LogP contribution in [0.15, 0.2) is 16.9 Å². The van der Waals surface area contributed by atoms with Crippen molar-refractivity contribution in [1.82, 2.24) is 0 Å². The zero-order chi connectivity index (χ0) is 7.82. The Labute approximate surface area is 59.8 Å². The van der Waals surface area contributed by atoms with Crippen LogP contribution in [0, 0.1) is 11.3 Å². The van der Waals surface area contributed by atoms with Gasteiger partial charge in [0.15, 0.2) is 0 Å². The molecule has 0 aliphatic rings. The van der Waals surface area contributed by atoms with E-state index in [-0.39, 0.29) is 0 Å². The van der Waals surface area contributed by atoms with Gasteiger partial charge in [-0.1, -0.05) is 0 Å². The summed E-state index contributed by atoms with van der Waals surface area (Å²) in [4.78, 5) is 3.81. The average Bonchev–Trinajstić information content (AvgIpc) is 1.98. The first-order valence-electron chi connectivity index (χ1n) is 2.85. The molecule has 0 aromatic rings. The maximum Gasteiger partial charge on any atom is 0.0652 e. The van der Waals surface area contributed by atoms with Crippen LogP contribution in [0.4, 0.5) is 0 Å². The van der Waals surface area contributed by atoms with Gasteiger partial charge in [0.1, 0.15) is 0 Å². The fourth-order valence-electron chi connectivity index (χ4n) is 0.328. The number of allylic oxidation sites excluding steroid dienone is 1. The van der Waals surface area contributed by atoms with Crippen LogP contribution in [0.1, 0.15) is 6.42 Å². The second kappa shape index (κ2) is 5.63. The van der Waals surface area contributed by atoms with E-state index in [9.17, 15) is 0 Å². The number of aliphatic imine (C=N–C) groups is 1. The minimum atomic E-state index is 0.411.